The number of anilines is 3. The van der Waals surface area contributed by atoms with Crippen LogP contribution in [0.2, 0.25) is 0 Å². The summed E-state index contributed by atoms with van der Waals surface area (Å²) in [5.74, 6) is -1.96. The molecule has 33 heavy (non-hydrogen) atoms. The average Bonchev–Trinajstić information content (AvgIpc) is 3.12. The van der Waals surface area contributed by atoms with E-state index in [4.69, 9.17) is 31.2 Å². The number of hydrogen-bond donors (Lipinski definition) is 6. The van der Waals surface area contributed by atoms with Crippen molar-refractivity contribution in [3.63, 3.8) is 0 Å². The van der Waals surface area contributed by atoms with Gasteiger partial charge in [-0.3, -0.25) is 5.41 Å². The Labute approximate surface area is 185 Å². The number of benzene rings is 1. The van der Waals surface area contributed by atoms with E-state index in [1.807, 2.05) is 7.05 Å². The minimum Gasteiger partial charge on any atom is -0.475 e. The average molecular weight is 468 g/mol. The molecule has 178 valence electrons. The van der Waals surface area contributed by atoms with Gasteiger partial charge < -0.3 is 31.6 Å². The molecule has 14 heteroatoms. The molecule has 0 atom stereocenters. The third-order valence-corrected chi connectivity index (χ3v) is 4.21. The maximum atomic E-state index is 10.6. The molecule has 0 spiro atoms. The van der Waals surface area contributed by atoms with Crippen molar-refractivity contribution in [2.45, 2.75) is 19.0 Å². The predicted octanol–water partition coefficient (Wildman–Crippen LogP) is 2.24. The lowest BCUT2D eigenvalue weighted by atomic mass is 10.0. The van der Waals surface area contributed by atoms with Crippen LogP contribution < -0.4 is 22.1 Å². The Balaban J connectivity index is 0.000000479. The lowest BCUT2D eigenvalue weighted by Gasteiger charge is -2.13. The van der Waals surface area contributed by atoms with Gasteiger partial charge >= 0.3 is 12.1 Å². The molecule has 0 unspecified atom stereocenters. The first-order valence-corrected chi connectivity index (χ1v) is 9.59. The first kappa shape index (κ1) is 25.3. The molecule has 1 aromatic carbocycles. The van der Waals surface area contributed by atoms with E-state index >= 15 is 0 Å². The number of rotatable bonds is 8. The fraction of sp³-hybridized carbons (Fsp3) is 0.316. The summed E-state index contributed by atoms with van der Waals surface area (Å²) >= 11 is 0. The number of hydrogen-bond acceptors (Lipinski definition) is 10. The van der Waals surface area contributed by atoms with Gasteiger partial charge in [0.25, 0.3) is 6.01 Å². The van der Waals surface area contributed by atoms with Crippen LogP contribution in [0.1, 0.15) is 24.0 Å². The number of oxazole rings is 1. The van der Waals surface area contributed by atoms with Gasteiger partial charge in [0.1, 0.15) is 23.5 Å². The number of carboxylic acids is 1. The Bertz CT molecular complexity index is 1120. The highest BCUT2D eigenvalue weighted by atomic mass is 19.4. The van der Waals surface area contributed by atoms with E-state index in [1.54, 1.807) is 18.2 Å². The molecule has 8 N–H and O–H groups in total. The van der Waals surface area contributed by atoms with E-state index in [0.717, 1.165) is 25.9 Å². The molecule has 0 saturated heterocycles. The molecular weight excluding hydrogens is 445 g/mol. The van der Waals surface area contributed by atoms with Gasteiger partial charge in [0.15, 0.2) is 5.58 Å². The van der Waals surface area contributed by atoms with Crippen LogP contribution in [-0.2, 0) is 4.79 Å². The fourth-order valence-corrected chi connectivity index (χ4v) is 2.66. The van der Waals surface area contributed by atoms with Crippen molar-refractivity contribution in [1.29, 1.82) is 5.41 Å². The molecule has 3 rings (SSSR count). The molecule has 0 fully saturated rings. The van der Waals surface area contributed by atoms with Crippen LogP contribution in [0.25, 0.3) is 11.1 Å². The first-order chi connectivity index (χ1) is 15.5. The normalized spacial score (nSPS) is 11.0. The number of nitrogens with one attached hydrogen (secondary N) is 3. The smallest absolute Gasteiger partial charge is 0.475 e. The zero-order valence-electron chi connectivity index (χ0n) is 17.5. The maximum absolute atomic E-state index is 10.6. The summed E-state index contributed by atoms with van der Waals surface area (Å²) in [5.41, 5.74) is 14.1. The third-order valence-electron chi connectivity index (χ3n) is 4.21. The number of carbonyl (C=O) groups is 1. The zero-order chi connectivity index (χ0) is 24.6. The van der Waals surface area contributed by atoms with Crippen molar-refractivity contribution in [2.75, 3.05) is 36.9 Å². The molecule has 0 amide bonds. The summed E-state index contributed by atoms with van der Waals surface area (Å²) in [6.07, 6.45) is -1.67. The molecule has 0 aliphatic heterocycles. The van der Waals surface area contributed by atoms with Gasteiger partial charge in [0.05, 0.1) is 11.3 Å². The molecule has 0 radical (unpaired) electrons. The van der Waals surface area contributed by atoms with Crippen molar-refractivity contribution in [1.82, 2.24) is 20.3 Å². The summed E-state index contributed by atoms with van der Waals surface area (Å²) in [6, 6.07) is 5.32. The highest BCUT2D eigenvalue weighted by Gasteiger charge is 2.38. The molecular formula is C19H23F3N8O3. The number of nitrogens with zero attached hydrogens (tertiary/aromatic N) is 3. The molecule has 3 aromatic rings. The van der Waals surface area contributed by atoms with Crippen LogP contribution in [0.3, 0.4) is 0 Å². The lowest BCUT2D eigenvalue weighted by molar-refractivity contribution is -0.192. The highest BCUT2D eigenvalue weighted by Crippen LogP contribution is 2.24. The van der Waals surface area contributed by atoms with Crippen LogP contribution in [0.4, 0.5) is 30.8 Å². The second-order valence-electron chi connectivity index (χ2n) is 6.63. The number of aliphatic carboxylic acids is 1. The maximum Gasteiger partial charge on any atom is 0.490 e. The van der Waals surface area contributed by atoms with Gasteiger partial charge in [-0.15, -0.1) is 0 Å². The largest absolute Gasteiger partial charge is 0.490 e. The SMILES string of the molecule is CNCCCCNc1ncnc(N)c1C(=N)c1ccc2oc(N)nc2c1.O=C(O)C(F)(F)F. The summed E-state index contributed by atoms with van der Waals surface area (Å²) in [7, 11) is 1.93. The van der Waals surface area contributed by atoms with Gasteiger partial charge in [-0.05, 0) is 44.6 Å². The van der Waals surface area contributed by atoms with Crippen molar-refractivity contribution in [3.8, 4) is 0 Å². The Morgan fingerprint density at radius 3 is 2.52 bits per heavy atom. The van der Waals surface area contributed by atoms with Gasteiger partial charge in [0, 0.05) is 12.1 Å². The van der Waals surface area contributed by atoms with Crippen molar-refractivity contribution >= 4 is 40.4 Å². The topological polar surface area (TPSA) is 189 Å². The third kappa shape index (κ3) is 7.03. The number of nitrogens with two attached hydrogens (primary N) is 2. The monoisotopic (exact) mass is 468 g/mol. The predicted molar refractivity (Wildman–Crippen MR) is 116 cm³/mol. The van der Waals surface area contributed by atoms with Gasteiger partial charge in [0.2, 0.25) is 0 Å². The van der Waals surface area contributed by atoms with E-state index in [9.17, 15) is 13.2 Å². The summed E-state index contributed by atoms with van der Waals surface area (Å²) in [5, 5.41) is 22.1. The van der Waals surface area contributed by atoms with Crippen LogP contribution in [0.15, 0.2) is 28.9 Å². The van der Waals surface area contributed by atoms with Crippen molar-refractivity contribution in [3.05, 3.63) is 35.7 Å². The van der Waals surface area contributed by atoms with Gasteiger partial charge in [-0.1, -0.05) is 0 Å². The number of unbranched alkanes of at least 4 members (excludes halogenated alkanes) is 1. The Kier molecular flexibility index (Phi) is 8.50. The standard InChI is InChI=1S/C17H22N8O.C2HF3O2/c1-21-6-2-3-7-22-16-13(15(19)23-9-24-16)14(18)10-4-5-12-11(8-10)25-17(20)26-12;3-2(4,5)1(6)7/h4-5,8-9,18,21H,2-3,6-7H2,1H3,(H2,20,25)(H3,19,22,23,24);(H,6,7). The minimum atomic E-state index is -5.08. The number of carboxylic acid groups (broad SMARTS) is 1. The van der Waals surface area contributed by atoms with E-state index in [1.165, 1.54) is 6.33 Å². The fourth-order valence-electron chi connectivity index (χ4n) is 2.66. The molecule has 0 aliphatic carbocycles. The molecule has 0 bridgehead atoms. The zero-order valence-corrected chi connectivity index (χ0v) is 17.5. The van der Waals surface area contributed by atoms with Crippen LogP contribution in [0, 0.1) is 5.41 Å². The number of nitrogen functional groups attached to an aromatic ring is 2. The summed E-state index contributed by atoms with van der Waals surface area (Å²) < 4.78 is 37.0. The lowest BCUT2D eigenvalue weighted by Crippen LogP contribution is -2.21. The van der Waals surface area contributed by atoms with E-state index in [0.29, 0.717) is 28.0 Å². The Morgan fingerprint density at radius 2 is 1.88 bits per heavy atom. The quantitative estimate of drug-likeness (QED) is 0.211. The molecule has 0 aliphatic rings. The molecule has 2 aromatic heterocycles. The second-order valence-corrected chi connectivity index (χ2v) is 6.63. The Morgan fingerprint density at radius 1 is 1.21 bits per heavy atom. The summed E-state index contributed by atoms with van der Waals surface area (Å²) in [4.78, 5) is 21.3. The van der Waals surface area contributed by atoms with Crippen LogP contribution in [-0.4, -0.2) is 58.1 Å². The highest BCUT2D eigenvalue weighted by molar-refractivity contribution is 6.17. The van der Waals surface area contributed by atoms with Gasteiger partial charge in [-0.25, -0.2) is 14.8 Å². The van der Waals surface area contributed by atoms with Crippen LogP contribution >= 0.6 is 0 Å². The van der Waals surface area contributed by atoms with E-state index in [-0.39, 0.29) is 17.5 Å². The van der Waals surface area contributed by atoms with Gasteiger partial charge in [-0.2, -0.15) is 18.2 Å². The first-order valence-electron chi connectivity index (χ1n) is 9.59. The number of fused-ring (bicyclic) bond motifs is 1. The number of halogens is 3. The number of aromatic nitrogens is 3. The van der Waals surface area contributed by atoms with Crippen molar-refractivity contribution in [2.24, 2.45) is 0 Å². The van der Waals surface area contributed by atoms with Crippen molar-refractivity contribution < 1.29 is 27.5 Å². The van der Waals surface area contributed by atoms with Crippen LogP contribution in [0.5, 0.6) is 0 Å². The number of alkyl halides is 3. The molecule has 11 nitrogen and oxygen atoms in total. The minimum absolute atomic E-state index is 0.0927. The van der Waals surface area contributed by atoms with E-state index < -0.39 is 12.1 Å². The second kappa shape index (κ2) is 11.1. The summed E-state index contributed by atoms with van der Waals surface area (Å²) in [6.45, 7) is 1.69. The Hall–Kier alpha value is -3.94. The molecule has 0 saturated carbocycles. The molecule has 2 heterocycles. The van der Waals surface area contributed by atoms with E-state index in [2.05, 4.69) is 25.6 Å².